The van der Waals surface area contributed by atoms with Crippen LogP contribution in [0.15, 0.2) is 0 Å². The van der Waals surface area contributed by atoms with E-state index < -0.39 is 0 Å². The molecule has 0 saturated carbocycles. The molecule has 0 radical (unpaired) electrons. The van der Waals surface area contributed by atoms with E-state index in [0.717, 1.165) is 19.4 Å². The van der Waals surface area contributed by atoms with Crippen LogP contribution < -0.4 is 5.32 Å². The van der Waals surface area contributed by atoms with Crippen molar-refractivity contribution < 1.29 is 14.3 Å². The molecule has 5 heteroatoms. The maximum atomic E-state index is 12.0. The molecule has 17 heavy (non-hydrogen) atoms. The van der Waals surface area contributed by atoms with Crippen molar-refractivity contribution in [2.45, 2.75) is 38.8 Å². The molecule has 0 aromatic carbocycles. The lowest BCUT2D eigenvalue weighted by Gasteiger charge is -2.40. The Morgan fingerprint density at radius 1 is 1.35 bits per heavy atom. The standard InChI is InChI=1S/C12H20N2O3/c1-8-11(4-3-5-17-8)12(16)13-10-6-14(7-10)9(2)15/h8,10-11H,3-7H2,1-2H3,(H,13,16). The van der Waals surface area contributed by atoms with Gasteiger partial charge in [0.2, 0.25) is 11.8 Å². The minimum atomic E-state index is -0.0323. The fourth-order valence-corrected chi connectivity index (χ4v) is 2.40. The van der Waals surface area contributed by atoms with Crippen LogP contribution in [0.1, 0.15) is 26.7 Å². The van der Waals surface area contributed by atoms with Gasteiger partial charge in [-0.15, -0.1) is 0 Å². The summed E-state index contributed by atoms with van der Waals surface area (Å²) in [6.45, 7) is 5.54. The molecule has 2 rings (SSSR count). The van der Waals surface area contributed by atoms with Gasteiger partial charge in [-0.05, 0) is 19.8 Å². The van der Waals surface area contributed by atoms with Crippen LogP contribution in [-0.4, -0.2) is 48.6 Å². The highest BCUT2D eigenvalue weighted by atomic mass is 16.5. The average Bonchev–Trinajstić information content (AvgIpc) is 2.22. The molecule has 2 unspecified atom stereocenters. The number of nitrogens with one attached hydrogen (secondary N) is 1. The third kappa shape index (κ3) is 2.77. The normalized spacial score (nSPS) is 29.6. The van der Waals surface area contributed by atoms with Crippen LogP contribution in [0.5, 0.6) is 0 Å². The minimum Gasteiger partial charge on any atom is -0.378 e. The van der Waals surface area contributed by atoms with Crippen molar-refractivity contribution in [2.75, 3.05) is 19.7 Å². The summed E-state index contributed by atoms with van der Waals surface area (Å²) >= 11 is 0. The van der Waals surface area contributed by atoms with E-state index in [1.165, 1.54) is 0 Å². The van der Waals surface area contributed by atoms with Crippen molar-refractivity contribution in [3.8, 4) is 0 Å². The van der Waals surface area contributed by atoms with Crippen LogP contribution >= 0.6 is 0 Å². The van der Waals surface area contributed by atoms with E-state index in [1.54, 1.807) is 11.8 Å². The topological polar surface area (TPSA) is 58.6 Å². The number of hydrogen-bond acceptors (Lipinski definition) is 3. The van der Waals surface area contributed by atoms with E-state index in [9.17, 15) is 9.59 Å². The average molecular weight is 240 g/mol. The molecular weight excluding hydrogens is 220 g/mol. The summed E-state index contributed by atoms with van der Waals surface area (Å²) in [7, 11) is 0. The van der Waals surface area contributed by atoms with Crippen LogP contribution in [-0.2, 0) is 14.3 Å². The highest BCUT2D eigenvalue weighted by molar-refractivity contribution is 5.80. The monoisotopic (exact) mass is 240 g/mol. The first-order valence-corrected chi connectivity index (χ1v) is 6.25. The molecule has 2 heterocycles. The molecule has 2 amide bonds. The van der Waals surface area contributed by atoms with Gasteiger partial charge in [-0.25, -0.2) is 0 Å². The van der Waals surface area contributed by atoms with Gasteiger partial charge in [0.15, 0.2) is 0 Å². The molecule has 0 spiro atoms. The number of rotatable bonds is 2. The molecule has 2 atom stereocenters. The molecule has 5 nitrogen and oxygen atoms in total. The number of ether oxygens (including phenoxy) is 1. The molecular formula is C12H20N2O3. The Bertz CT molecular complexity index is 313. The Morgan fingerprint density at radius 2 is 2.06 bits per heavy atom. The Balaban J connectivity index is 1.76. The number of hydrogen-bond donors (Lipinski definition) is 1. The Labute approximate surface area is 101 Å². The minimum absolute atomic E-state index is 0.00716. The van der Waals surface area contributed by atoms with Gasteiger partial charge in [-0.2, -0.15) is 0 Å². The van der Waals surface area contributed by atoms with Crippen LogP contribution in [0, 0.1) is 5.92 Å². The molecule has 0 aromatic heterocycles. The highest BCUT2D eigenvalue weighted by Gasteiger charge is 2.34. The molecule has 0 bridgehead atoms. The molecule has 2 aliphatic rings. The van der Waals surface area contributed by atoms with E-state index in [2.05, 4.69) is 5.32 Å². The Kier molecular flexibility index (Phi) is 3.66. The zero-order chi connectivity index (χ0) is 12.4. The molecule has 1 N–H and O–H groups in total. The predicted octanol–water partition coefficient (Wildman–Crippen LogP) is 0.148. The fourth-order valence-electron chi connectivity index (χ4n) is 2.40. The number of carbonyl (C=O) groups is 2. The first-order valence-electron chi connectivity index (χ1n) is 6.25. The lowest BCUT2D eigenvalue weighted by Crippen LogP contribution is -2.61. The van der Waals surface area contributed by atoms with Crippen LogP contribution in [0.25, 0.3) is 0 Å². The van der Waals surface area contributed by atoms with Crippen LogP contribution in [0.4, 0.5) is 0 Å². The van der Waals surface area contributed by atoms with Crippen molar-refractivity contribution in [1.82, 2.24) is 10.2 Å². The van der Waals surface area contributed by atoms with E-state index in [0.29, 0.717) is 13.1 Å². The second-order valence-corrected chi connectivity index (χ2v) is 4.95. The summed E-state index contributed by atoms with van der Waals surface area (Å²) in [4.78, 5) is 24.7. The third-order valence-corrected chi connectivity index (χ3v) is 3.62. The van der Waals surface area contributed by atoms with Gasteiger partial charge in [-0.3, -0.25) is 9.59 Å². The highest BCUT2D eigenvalue weighted by Crippen LogP contribution is 2.21. The number of nitrogens with zero attached hydrogens (tertiary/aromatic N) is 1. The van der Waals surface area contributed by atoms with E-state index in [-0.39, 0.29) is 29.9 Å². The molecule has 2 aliphatic heterocycles. The van der Waals surface area contributed by atoms with Gasteiger partial charge in [0, 0.05) is 26.6 Å². The summed E-state index contributed by atoms with van der Waals surface area (Å²) in [5.74, 6) is 0.116. The maximum absolute atomic E-state index is 12.0. The van der Waals surface area contributed by atoms with Gasteiger partial charge in [0.1, 0.15) is 0 Å². The first-order chi connectivity index (χ1) is 8.08. The zero-order valence-electron chi connectivity index (χ0n) is 10.4. The second-order valence-electron chi connectivity index (χ2n) is 4.95. The Hall–Kier alpha value is -1.10. The number of likely N-dealkylation sites (tertiary alicyclic amines) is 1. The van der Waals surface area contributed by atoms with Gasteiger partial charge in [-0.1, -0.05) is 0 Å². The SMILES string of the molecule is CC(=O)N1CC(NC(=O)C2CCCOC2C)C1. The van der Waals surface area contributed by atoms with E-state index in [4.69, 9.17) is 4.74 Å². The summed E-state index contributed by atoms with van der Waals surface area (Å²) < 4.78 is 5.48. The summed E-state index contributed by atoms with van der Waals surface area (Å²) in [6.07, 6.45) is 1.86. The zero-order valence-corrected chi connectivity index (χ0v) is 10.4. The van der Waals surface area contributed by atoms with Crippen molar-refractivity contribution in [2.24, 2.45) is 5.92 Å². The number of carbonyl (C=O) groups excluding carboxylic acids is 2. The summed E-state index contributed by atoms with van der Waals surface area (Å²) in [5, 5.41) is 2.99. The third-order valence-electron chi connectivity index (χ3n) is 3.62. The fraction of sp³-hybridized carbons (Fsp3) is 0.833. The van der Waals surface area contributed by atoms with Gasteiger partial charge in [0.25, 0.3) is 0 Å². The smallest absolute Gasteiger partial charge is 0.226 e. The molecule has 2 fully saturated rings. The van der Waals surface area contributed by atoms with E-state index in [1.807, 2.05) is 6.92 Å². The molecule has 2 saturated heterocycles. The van der Waals surface area contributed by atoms with Crippen LogP contribution in [0.2, 0.25) is 0 Å². The predicted molar refractivity (Wildman–Crippen MR) is 62.3 cm³/mol. The van der Waals surface area contributed by atoms with Gasteiger partial charge in [0.05, 0.1) is 18.1 Å². The van der Waals surface area contributed by atoms with Gasteiger partial charge < -0.3 is 15.0 Å². The van der Waals surface area contributed by atoms with Crippen molar-refractivity contribution in [3.63, 3.8) is 0 Å². The molecule has 0 aliphatic carbocycles. The van der Waals surface area contributed by atoms with Crippen molar-refractivity contribution in [3.05, 3.63) is 0 Å². The van der Waals surface area contributed by atoms with Crippen LogP contribution in [0.3, 0.4) is 0 Å². The lowest BCUT2D eigenvalue weighted by atomic mass is 9.93. The first kappa shape index (κ1) is 12.4. The lowest BCUT2D eigenvalue weighted by molar-refractivity contribution is -0.140. The second kappa shape index (κ2) is 5.04. The summed E-state index contributed by atoms with van der Waals surface area (Å²) in [5.41, 5.74) is 0. The number of amides is 2. The van der Waals surface area contributed by atoms with E-state index >= 15 is 0 Å². The van der Waals surface area contributed by atoms with Crippen molar-refractivity contribution in [1.29, 1.82) is 0 Å². The largest absolute Gasteiger partial charge is 0.378 e. The Morgan fingerprint density at radius 3 is 2.65 bits per heavy atom. The molecule has 0 aromatic rings. The van der Waals surface area contributed by atoms with Crippen molar-refractivity contribution >= 4 is 11.8 Å². The van der Waals surface area contributed by atoms with Gasteiger partial charge >= 0.3 is 0 Å². The summed E-state index contributed by atoms with van der Waals surface area (Å²) in [6, 6.07) is 0.125. The molecule has 96 valence electrons. The quantitative estimate of drug-likeness (QED) is 0.747. The maximum Gasteiger partial charge on any atom is 0.226 e.